The van der Waals surface area contributed by atoms with Gasteiger partial charge in [0, 0.05) is 29.6 Å². The van der Waals surface area contributed by atoms with E-state index in [4.69, 9.17) is 10.5 Å². The topological polar surface area (TPSA) is 53.1 Å². The lowest BCUT2D eigenvalue weighted by Crippen LogP contribution is -2.05. The van der Waals surface area contributed by atoms with Crippen molar-refractivity contribution in [1.29, 1.82) is 0 Å². The molecule has 18 heavy (non-hydrogen) atoms. The van der Waals surface area contributed by atoms with Gasteiger partial charge in [-0.15, -0.1) is 0 Å². The number of anilines is 1. The standard InChI is InChI=1S/C14H19N3O/c1-4-18-14-9-11(15)5-6-12(14)13-7-8-16-17(13)10(2)3/h5-10H,4,15H2,1-3H3. The number of nitrogen functional groups attached to an aromatic ring is 1. The van der Waals surface area contributed by atoms with Gasteiger partial charge in [-0.05, 0) is 39.0 Å². The summed E-state index contributed by atoms with van der Waals surface area (Å²) >= 11 is 0. The Balaban J connectivity index is 2.52. The van der Waals surface area contributed by atoms with Gasteiger partial charge in [0.1, 0.15) is 5.75 Å². The van der Waals surface area contributed by atoms with Gasteiger partial charge in [-0.1, -0.05) is 0 Å². The lowest BCUT2D eigenvalue weighted by atomic mass is 10.1. The number of hydrogen-bond donors (Lipinski definition) is 1. The number of nitrogens with zero attached hydrogens (tertiary/aromatic N) is 2. The minimum absolute atomic E-state index is 0.307. The summed E-state index contributed by atoms with van der Waals surface area (Å²) in [5.74, 6) is 0.805. The van der Waals surface area contributed by atoms with Crippen LogP contribution in [0.25, 0.3) is 11.3 Å². The second kappa shape index (κ2) is 5.12. The minimum atomic E-state index is 0.307. The van der Waals surface area contributed by atoms with E-state index >= 15 is 0 Å². The van der Waals surface area contributed by atoms with Crippen LogP contribution in [0.15, 0.2) is 30.5 Å². The summed E-state index contributed by atoms with van der Waals surface area (Å²) in [6, 6.07) is 8.03. The van der Waals surface area contributed by atoms with Gasteiger partial charge in [0.05, 0.1) is 12.3 Å². The van der Waals surface area contributed by atoms with E-state index in [1.54, 1.807) is 6.20 Å². The molecular weight excluding hydrogens is 226 g/mol. The molecule has 0 spiro atoms. The van der Waals surface area contributed by atoms with Crippen molar-refractivity contribution in [2.75, 3.05) is 12.3 Å². The minimum Gasteiger partial charge on any atom is -0.493 e. The first kappa shape index (κ1) is 12.5. The number of hydrogen-bond acceptors (Lipinski definition) is 3. The Morgan fingerprint density at radius 1 is 1.33 bits per heavy atom. The summed E-state index contributed by atoms with van der Waals surface area (Å²) in [5, 5.41) is 4.35. The Hall–Kier alpha value is -1.97. The monoisotopic (exact) mass is 245 g/mol. The molecule has 1 aromatic carbocycles. The van der Waals surface area contributed by atoms with Crippen molar-refractivity contribution in [2.45, 2.75) is 26.8 Å². The Labute approximate surface area is 107 Å². The summed E-state index contributed by atoms with van der Waals surface area (Å²) in [7, 11) is 0. The zero-order valence-corrected chi connectivity index (χ0v) is 11.1. The highest BCUT2D eigenvalue weighted by Crippen LogP contribution is 2.32. The smallest absolute Gasteiger partial charge is 0.130 e. The third-order valence-corrected chi connectivity index (χ3v) is 2.74. The van der Waals surface area contributed by atoms with Gasteiger partial charge in [0.25, 0.3) is 0 Å². The molecule has 2 aromatic rings. The van der Waals surface area contributed by atoms with Crippen molar-refractivity contribution >= 4 is 5.69 Å². The molecule has 0 aliphatic heterocycles. The van der Waals surface area contributed by atoms with Crippen LogP contribution in [0.4, 0.5) is 5.69 Å². The van der Waals surface area contributed by atoms with Crippen LogP contribution in [0.3, 0.4) is 0 Å². The Bertz CT molecular complexity index is 532. The molecule has 2 rings (SSSR count). The van der Waals surface area contributed by atoms with E-state index in [9.17, 15) is 0 Å². The summed E-state index contributed by atoms with van der Waals surface area (Å²) in [4.78, 5) is 0. The average molecular weight is 245 g/mol. The highest BCUT2D eigenvalue weighted by molar-refractivity contribution is 5.70. The van der Waals surface area contributed by atoms with E-state index in [1.807, 2.05) is 35.9 Å². The first-order valence-electron chi connectivity index (χ1n) is 6.19. The van der Waals surface area contributed by atoms with Crippen molar-refractivity contribution in [3.63, 3.8) is 0 Å². The normalized spacial score (nSPS) is 10.9. The molecule has 1 heterocycles. The van der Waals surface area contributed by atoms with Gasteiger partial charge in [-0.3, -0.25) is 4.68 Å². The van der Waals surface area contributed by atoms with Crippen LogP contribution in [-0.2, 0) is 0 Å². The number of rotatable bonds is 4. The maximum atomic E-state index is 5.81. The predicted molar refractivity (Wildman–Crippen MR) is 73.6 cm³/mol. The lowest BCUT2D eigenvalue weighted by molar-refractivity contribution is 0.341. The highest BCUT2D eigenvalue weighted by atomic mass is 16.5. The van der Waals surface area contributed by atoms with Crippen molar-refractivity contribution < 1.29 is 4.74 Å². The molecule has 0 radical (unpaired) electrons. The van der Waals surface area contributed by atoms with Gasteiger partial charge in [0.15, 0.2) is 0 Å². The largest absolute Gasteiger partial charge is 0.493 e. The number of nitrogens with two attached hydrogens (primary N) is 1. The maximum absolute atomic E-state index is 5.81. The van der Waals surface area contributed by atoms with Gasteiger partial charge in [0.2, 0.25) is 0 Å². The molecule has 0 amide bonds. The predicted octanol–water partition coefficient (Wildman–Crippen LogP) is 3.11. The zero-order valence-electron chi connectivity index (χ0n) is 11.1. The molecule has 0 atom stereocenters. The number of ether oxygens (including phenoxy) is 1. The fourth-order valence-corrected chi connectivity index (χ4v) is 1.96. The molecule has 4 heteroatoms. The van der Waals surface area contributed by atoms with Crippen molar-refractivity contribution in [1.82, 2.24) is 9.78 Å². The molecule has 0 aliphatic rings. The van der Waals surface area contributed by atoms with Crippen molar-refractivity contribution in [3.05, 3.63) is 30.5 Å². The van der Waals surface area contributed by atoms with E-state index < -0.39 is 0 Å². The second-order valence-electron chi connectivity index (χ2n) is 4.44. The van der Waals surface area contributed by atoms with Gasteiger partial charge < -0.3 is 10.5 Å². The molecule has 4 nitrogen and oxygen atoms in total. The van der Waals surface area contributed by atoms with Crippen LogP contribution in [0.5, 0.6) is 5.75 Å². The van der Waals surface area contributed by atoms with Crippen LogP contribution in [0, 0.1) is 0 Å². The average Bonchev–Trinajstić information content (AvgIpc) is 2.78. The zero-order chi connectivity index (χ0) is 13.1. The van der Waals surface area contributed by atoms with Crippen LogP contribution in [-0.4, -0.2) is 16.4 Å². The van der Waals surface area contributed by atoms with Crippen LogP contribution in [0.1, 0.15) is 26.8 Å². The first-order chi connectivity index (χ1) is 8.63. The lowest BCUT2D eigenvalue weighted by Gasteiger charge is -2.15. The van der Waals surface area contributed by atoms with Crippen molar-refractivity contribution in [2.24, 2.45) is 0 Å². The molecular formula is C14H19N3O. The number of benzene rings is 1. The van der Waals surface area contributed by atoms with Crippen molar-refractivity contribution in [3.8, 4) is 17.0 Å². The molecule has 0 saturated carbocycles. The fourth-order valence-electron chi connectivity index (χ4n) is 1.96. The Kier molecular flexibility index (Phi) is 3.55. The Morgan fingerprint density at radius 2 is 2.11 bits per heavy atom. The molecule has 2 N–H and O–H groups in total. The van der Waals surface area contributed by atoms with Gasteiger partial charge in [-0.2, -0.15) is 5.10 Å². The van der Waals surface area contributed by atoms with Crippen LogP contribution >= 0.6 is 0 Å². The molecule has 0 unspecified atom stereocenters. The summed E-state index contributed by atoms with van der Waals surface area (Å²) in [6.45, 7) is 6.79. The summed E-state index contributed by atoms with van der Waals surface area (Å²) in [5.41, 5.74) is 8.59. The summed E-state index contributed by atoms with van der Waals surface area (Å²) < 4.78 is 7.64. The molecule has 96 valence electrons. The second-order valence-corrected chi connectivity index (χ2v) is 4.44. The van der Waals surface area contributed by atoms with E-state index in [-0.39, 0.29) is 0 Å². The highest BCUT2D eigenvalue weighted by Gasteiger charge is 2.13. The quantitative estimate of drug-likeness (QED) is 0.842. The van der Waals surface area contributed by atoms with Crippen LogP contribution in [0.2, 0.25) is 0 Å². The molecule has 0 bridgehead atoms. The third-order valence-electron chi connectivity index (χ3n) is 2.74. The van der Waals surface area contributed by atoms with Gasteiger partial charge >= 0.3 is 0 Å². The third kappa shape index (κ3) is 2.32. The number of aromatic nitrogens is 2. The molecule has 1 aromatic heterocycles. The fraction of sp³-hybridized carbons (Fsp3) is 0.357. The van der Waals surface area contributed by atoms with Crippen LogP contribution < -0.4 is 10.5 Å². The van der Waals surface area contributed by atoms with E-state index in [0.717, 1.165) is 17.0 Å². The van der Waals surface area contributed by atoms with E-state index in [0.29, 0.717) is 18.3 Å². The van der Waals surface area contributed by atoms with E-state index in [2.05, 4.69) is 18.9 Å². The summed E-state index contributed by atoms with van der Waals surface area (Å²) in [6.07, 6.45) is 1.81. The molecule has 0 saturated heterocycles. The maximum Gasteiger partial charge on any atom is 0.130 e. The Morgan fingerprint density at radius 3 is 2.78 bits per heavy atom. The first-order valence-corrected chi connectivity index (χ1v) is 6.19. The van der Waals surface area contributed by atoms with Gasteiger partial charge in [-0.25, -0.2) is 0 Å². The SMILES string of the molecule is CCOc1cc(N)ccc1-c1ccnn1C(C)C. The molecule has 0 aliphatic carbocycles. The van der Waals surface area contributed by atoms with E-state index in [1.165, 1.54) is 0 Å². The molecule has 0 fully saturated rings.